The van der Waals surface area contributed by atoms with Crippen molar-refractivity contribution < 1.29 is 4.74 Å². The van der Waals surface area contributed by atoms with Crippen LogP contribution in [0.4, 0.5) is 5.82 Å². The predicted molar refractivity (Wildman–Crippen MR) is 69.0 cm³/mol. The van der Waals surface area contributed by atoms with Crippen LogP contribution in [0.3, 0.4) is 0 Å². The topological polar surface area (TPSA) is 37.4 Å². The Morgan fingerprint density at radius 3 is 2.47 bits per heavy atom. The Labute approximate surface area is 103 Å². The van der Waals surface area contributed by atoms with Crippen LogP contribution in [0.2, 0.25) is 0 Å². The number of hydrogen-bond donors (Lipinski definition) is 1. The van der Waals surface area contributed by atoms with Gasteiger partial charge in [0.1, 0.15) is 5.82 Å². The van der Waals surface area contributed by atoms with E-state index in [0.717, 1.165) is 32.1 Å². The molecule has 94 valence electrons. The van der Waals surface area contributed by atoms with Gasteiger partial charge in [0, 0.05) is 19.3 Å². The van der Waals surface area contributed by atoms with Crippen molar-refractivity contribution in [3.63, 3.8) is 0 Å². The summed E-state index contributed by atoms with van der Waals surface area (Å²) in [4.78, 5) is 4.45. The molecule has 17 heavy (non-hydrogen) atoms. The summed E-state index contributed by atoms with van der Waals surface area (Å²) in [6.45, 7) is 9.96. The Balaban J connectivity index is 1.98. The third-order valence-corrected chi connectivity index (χ3v) is 2.91. The average molecular weight is 235 g/mol. The van der Waals surface area contributed by atoms with Gasteiger partial charge in [-0.2, -0.15) is 0 Å². The SMILES string of the molecule is CC(C)(C)c1ccc(NN2CCOCC2)nc1. The lowest BCUT2D eigenvalue weighted by atomic mass is 9.88. The molecule has 1 aliphatic rings. The van der Waals surface area contributed by atoms with Crippen LogP contribution in [-0.4, -0.2) is 36.3 Å². The second-order valence-corrected chi connectivity index (χ2v) is 5.39. The van der Waals surface area contributed by atoms with Gasteiger partial charge in [0.2, 0.25) is 0 Å². The summed E-state index contributed by atoms with van der Waals surface area (Å²) in [6, 6.07) is 4.17. The lowest BCUT2D eigenvalue weighted by Gasteiger charge is -2.27. The normalized spacial score (nSPS) is 18.1. The maximum atomic E-state index is 5.30. The number of anilines is 1. The molecule has 0 saturated carbocycles. The minimum absolute atomic E-state index is 0.157. The van der Waals surface area contributed by atoms with Gasteiger partial charge >= 0.3 is 0 Å². The van der Waals surface area contributed by atoms with Crippen LogP contribution in [-0.2, 0) is 10.2 Å². The first-order valence-corrected chi connectivity index (χ1v) is 6.11. The van der Waals surface area contributed by atoms with Crippen molar-refractivity contribution in [1.82, 2.24) is 9.99 Å². The molecule has 1 aliphatic heterocycles. The molecule has 1 N–H and O–H groups in total. The van der Waals surface area contributed by atoms with E-state index in [1.807, 2.05) is 12.3 Å². The molecular formula is C13H21N3O. The number of ether oxygens (including phenoxy) is 1. The Bertz CT molecular complexity index is 350. The van der Waals surface area contributed by atoms with Gasteiger partial charge in [-0.3, -0.25) is 0 Å². The third kappa shape index (κ3) is 3.41. The molecule has 0 aliphatic carbocycles. The number of nitrogens with one attached hydrogen (secondary N) is 1. The smallest absolute Gasteiger partial charge is 0.140 e. The standard InChI is InChI=1S/C13H21N3O/c1-13(2,3)11-4-5-12(14-10-11)15-16-6-8-17-9-7-16/h4-5,10H,6-9H2,1-3H3,(H,14,15). The number of pyridine rings is 1. The van der Waals surface area contributed by atoms with Gasteiger partial charge in [-0.25, -0.2) is 9.99 Å². The highest BCUT2D eigenvalue weighted by Gasteiger charge is 2.14. The van der Waals surface area contributed by atoms with E-state index in [1.54, 1.807) is 0 Å². The molecule has 0 spiro atoms. The first kappa shape index (κ1) is 12.3. The molecule has 0 aromatic carbocycles. The van der Waals surface area contributed by atoms with Crippen molar-refractivity contribution in [1.29, 1.82) is 0 Å². The van der Waals surface area contributed by atoms with Crippen LogP contribution in [0.15, 0.2) is 18.3 Å². The van der Waals surface area contributed by atoms with E-state index >= 15 is 0 Å². The van der Waals surface area contributed by atoms with Gasteiger partial charge in [-0.05, 0) is 17.0 Å². The van der Waals surface area contributed by atoms with E-state index in [0.29, 0.717) is 0 Å². The zero-order valence-corrected chi connectivity index (χ0v) is 10.9. The van der Waals surface area contributed by atoms with Gasteiger partial charge < -0.3 is 10.2 Å². The summed E-state index contributed by atoms with van der Waals surface area (Å²) in [5, 5.41) is 2.14. The molecular weight excluding hydrogens is 214 g/mol. The van der Waals surface area contributed by atoms with Gasteiger partial charge in [-0.1, -0.05) is 26.8 Å². The summed E-state index contributed by atoms with van der Waals surface area (Å²) in [5.41, 5.74) is 4.71. The fraction of sp³-hybridized carbons (Fsp3) is 0.615. The summed E-state index contributed by atoms with van der Waals surface area (Å²) < 4.78 is 5.30. The summed E-state index contributed by atoms with van der Waals surface area (Å²) in [6.07, 6.45) is 1.95. The second kappa shape index (κ2) is 5.02. The summed E-state index contributed by atoms with van der Waals surface area (Å²) >= 11 is 0. The average Bonchev–Trinajstić information content (AvgIpc) is 2.30. The zero-order chi connectivity index (χ0) is 12.3. The van der Waals surface area contributed by atoms with E-state index in [2.05, 4.69) is 42.3 Å². The maximum absolute atomic E-state index is 5.30. The Morgan fingerprint density at radius 2 is 1.94 bits per heavy atom. The Kier molecular flexibility index (Phi) is 3.64. The fourth-order valence-corrected chi connectivity index (χ4v) is 1.74. The van der Waals surface area contributed by atoms with Crippen LogP contribution < -0.4 is 5.43 Å². The highest BCUT2D eigenvalue weighted by molar-refractivity contribution is 5.36. The minimum Gasteiger partial charge on any atom is -0.379 e. The van der Waals surface area contributed by atoms with Crippen molar-refractivity contribution in [3.8, 4) is 0 Å². The largest absolute Gasteiger partial charge is 0.379 e. The van der Waals surface area contributed by atoms with Crippen LogP contribution in [0.1, 0.15) is 26.3 Å². The Morgan fingerprint density at radius 1 is 1.24 bits per heavy atom. The highest BCUT2D eigenvalue weighted by Crippen LogP contribution is 2.22. The quantitative estimate of drug-likeness (QED) is 0.851. The first-order valence-electron chi connectivity index (χ1n) is 6.11. The van der Waals surface area contributed by atoms with E-state index in [4.69, 9.17) is 4.74 Å². The molecule has 0 unspecified atom stereocenters. The summed E-state index contributed by atoms with van der Waals surface area (Å²) in [5.74, 6) is 0.903. The Hall–Kier alpha value is -1.13. The van der Waals surface area contributed by atoms with Crippen molar-refractivity contribution in [2.75, 3.05) is 31.7 Å². The van der Waals surface area contributed by atoms with Crippen molar-refractivity contribution in [2.45, 2.75) is 26.2 Å². The van der Waals surface area contributed by atoms with E-state index in [-0.39, 0.29) is 5.41 Å². The molecule has 0 radical (unpaired) electrons. The molecule has 1 aromatic rings. The molecule has 0 atom stereocenters. The highest BCUT2D eigenvalue weighted by atomic mass is 16.5. The van der Waals surface area contributed by atoms with Gasteiger partial charge in [0.15, 0.2) is 0 Å². The lowest BCUT2D eigenvalue weighted by molar-refractivity contribution is 0.0495. The predicted octanol–water partition coefficient (Wildman–Crippen LogP) is 2.04. The number of rotatable bonds is 2. The molecule has 1 aromatic heterocycles. The number of nitrogens with zero attached hydrogens (tertiary/aromatic N) is 2. The maximum Gasteiger partial charge on any atom is 0.140 e. The molecule has 2 rings (SSSR count). The molecule has 0 bridgehead atoms. The second-order valence-electron chi connectivity index (χ2n) is 5.39. The fourth-order valence-electron chi connectivity index (χ4n) is 1.74. The molecule has 4 nitrogen and oxygen atoms in total. The summed E-state index contributed by atoms with van der Waals surface area (Å²) in [7, 11) is 0. The molecule has 1 saturated heterocycles. The van der Waals surface area contributed by atoms with Crippen LogP contribution >= 0.6 is 0 Å². The third-order valence-electron chi connectivity index (χ3n) is 2.91. The number of morpholine rings is 1. The van der Waals surface area contributed by atoms with Gasteiger partial charge in [0.05, 0.1) is 13.2 Å². The van der Waals surface area contributed by atoms with Crippen LogP contribution in [0.25, 0.3) is 0 Å². The molecule has 2 heterocycles. The molecule has 0 amide bonds. The first-order chi connectivity index (χ1) is 8.05. The van der Waals surface area contributed by atoms with Gasteiger partial charge in [0.25, 0.3) is 0 Å². The van der Waals surface area contributed by atoms with E-state index in [1.165, 1.54) is 5.56 Å². The van der Waals surface area contributed by atoms with Crippen LogP contribution in [0, 0.1) is 0 Å². The van der Waals surface area contributed by atoms with E-state index < -0.39 is 0 Å². The lowest BCUT2D eigenvalue weighted by Crippen LogP contribution is -2.40. The number of hydrazine groups is 1. The molecule has 4 heteroatoms. The monoisotopic (exact) mass is 235 g/mol. The number of aromatic nitrogens is 1. The minimum atomic E-state index is 0.157. The van der Waals surface area contributed by atoms with Gasteiger partial charge in [-0.15, -0.1) is 0 Å². The van der Waals surface area contributed by atoms with Crippen molar-refractivity contribution >= 4 is 5.82 Å². The zero-order valence-electron chi connectivity index (χ0n) is 10.9. The number of hydrogen-bond acceptors (Lipinski definition) is 4. The van der Waals surface area contributed by atoms with Crippen molar-refractivity contribution in [2.24, 2.45) is 0 Å². The van der Waals surface area contributed by atoms with Crippen LogP contribution in [0.5, 0.6) is 0 Å². The van der Waals surface area contributed by atoms with E-state index in [9.17, 15) is 0 Å². The van der Waals surface area contributed by atoms with Crippen molar-refractivity contribution in [3.05, 3.63) is 23.9 Å². The molecule has 1 fully saturated rings.